The van der Waals surface area contributed by atoms with Gasteiger partial charge in [-0.1, -0.05) is 203 Å². The van der Waals surface area contributed by atoms with Crippen LogP contribution in [0.2, 0.25) is 0 Å². The Hall–Kier alpha value is -3.15. The van der Waals surface area contributed by atoms with E-state index >= 15 is 0 Å². The fraction of sp³-hybridized carbons (Fsp3) is 0.741. The van der Waals surface area contributed by atoms with Crippen LogP contribution in [0, 0.1) is 0 Å². The Morgan fingerprint density at radius 2 is 0.609 bits per heavy atom. The number of hydrogen-bond donors (Lipinski definition) is 0. The van der Waals surface area contributed by atoms with Gasteiger partial charge in [-0.05, 0) is 109 Å². The molecule has 0 N–H and O–H groups in total. The molecule has 0 saturated carbocycles. The van der Waals surface area contributed by atoms with Gasteiger partial charge in [-0.3, -0.25) is 14.4 Å². The second-order valence-corrected chi connectivity index (χ2v) is 17.7. The van der Waals surface area contributed by atoms with E-state index in [1.165, 1.54) is 122 Å². The van der Waals surface area contributed by atoms with Crippen LogP contribution in [0.5, 0.6) is 0 Å². The summed E-state index contributed by atoms with van der Waals surface area (Å²) in [5.74, 6) is -0.953. The molecule has 1 atom stereocenters. The minimum Gasteiger partial charge on any atom is -0.462 e. The average Bonchev–Trinajstić information content (AvgIpc) is 3.29. The van der Waals surface area contributed by atoms with Crippen LogP contribution in [0.15, 0.2) is 72.9 Å². The molecule has 0 spiro atoms. The molecular formula is C58H100O6. The first-order chi connectivity index (χ1) is 31.5. The molecule has 6 heteroatoms. The van der Waals surface area contributed by atoms with E-state index in [4.69, 9.17) is 14.2 Å². The van der Waals surface area contributed by atoms with Gasteiger partial charge in [-0.2, -0.15) is 0 Å². The van der Waals surface area contributed by atoms with Crippen molar-refractivity contribution >= 4 is 17.9 Å². The van der Waals surface area contributed by atoms with E-state index in [1.54, 1.807) is 0 Å². The Morgan fingerprint density at radius 1 is 0.328 bits per heavy atom. The molecule has 0 aromatic heterocycles. The van der Waals surface area contributed by atoms with E-state index in [0.717, 1.165) is 89.9 Å². The molecule has 0 aliphatic carbocycles. The molecule has 368 valence electrons. The smallest absolute Gasteiger partial charge is 0.306 e. The van der Waals surface area contributed by atoms with Crippen molar-refractivity contribution in [2.24, 2.45) is 0 Å². The lowest BCUT2D eigenvalue weighted by Gasteiger charge is -2.18. The molecule has 1 unspecified atom stereocenters. The minimum atomic E-state index is -0.803. The predicted molar refractivity (Wildman–Crippen MR) is 274 cm³/mol. The van der Waals surface area contributed by atoms with E-state index < -0.39 is 6.10 Å². The first-order valence-electron chi connectivity index (χ1n) is 26.9. The van der Waals surface area contributed by atoms with Crippen molar-refractivity contribution < 1.29 is 28.6 Å². The van der Waals surface area contributed by atoms with E-state index in [2.05, 4.69) is 93.7 Å². The van der Waals surface area contributed by atoms with Gasteiger partial charge in [-0.15, -0.1) is 0 Å². The van der Waals surface area contributed by atoms with Gasteiger partial charge < -0.3 is 14.2 Å². The Kier molecular flexibility index (Phi) is 49.9. The standard InChI is InChI=1S/C58H100O6/c1-4-7-10-13-16-19-22-25-28-31-33-36-39-42-45-48-51-57(60)63-54-55(64-58(61)52-49-46-43-40-37-34-30-27-24-21-18-15-12-9-6-3)53-62-56(59)50-47-44-41-38-35-32-29-26-23-20-17-14-11-8-5-2/h9,12,18,21,26-31,37,40,55H,4-8,10-11,13-17,19-20,22-25,32-36,38-39,41-54H2,1-3H3/b12-9-,21-18-,29-26-,30-27-,31-28-,40-37-. The summed E-state index contributed by atoms with van der Waals surface area (Å²) < 4.78 is 16.8. The summed E-state index contributed by atoms with van der Waals surface area (Å²) >= 11 is 0. The summed E-state index contributed by atoms with van der Waals surface area (Å²) in [6, 6.07) is 0. The van der Waals surface area contributed by atoms with Crippen LogP contribution in [-0.2, 0) is 28.6 Å². The SMILES string of the molecule is CC/C=C\C/C=C\C/C=C\C/C=C\CCCCC(=O)OC(COC(=O)CCCCCCC/C=C\CCCCCCCC)COC(=O)CCCCCCC/C=C\CCCCCCCCC. The molecule has 0 fully saturated rings. The predicted octanol–water partition coefficient (Wildman–Crippen LogP) is 17.8. The van der Waals surface area contributed by atoms with Crippen LogP contribution < -0.4 is 0 Å². The van der Waals surface area contributed by atoms with Crippen LogP contribution >= 0.6 is 0 Å². The summed E-state index contributed by atoms with van der Waals surface area (Å²) in [5.41, 5.74) is 0. The third kappa shape index (κ3) is 49.9. The highest BCUT2D eigenvalue weighted by molar-refractivity contribution is 5.71. The van der Waals surface area contributed by atoms with Crippen LogP contribution in [0.25, 0.3) is 0 Å². The van der Waals surface area contributed by atoms with Crippen LogP contribution in [0.4, 0.5) is 0 Å². The summed E-state index contributed by atoms with van der Waals surface area (Å²) in [5, 5.41) is 0. The van der Waals surface area contributed by atoms with Gasteiger partial charge in [0.2, 0.25) is 0 Å². The highest BCUT2D eigenvalue weighted by atomic mass is 16.6. The number of unbranched alkanes of at least 4 members (excludes halogenated alkanes) is 25. The molecule has 0 heterocycles. The molecule has 0 aromatic rings. The molecule has 0 rings (SSSR count). The zero-order valence-electron chi connectivity index (χ0n) is 42.0. The fourth-order valence-corrected chi connectivity index (χ4v) is 7.36. The third-order valence-corrected chi connectivity index (χ3v) is 11.4. The second-order valence-electron chi connectivity index (χ2n) is 17.7. The quantitative estimate of drug-likeness (QED) is 0.0262. The zero-order chi connectivity index (χ0) is 46.5. The summed E-state index contributed by atoms with van der Waals surface area (Å²) in [7, 11) is 0. The van der Waals surface area contributed by atoms with Gasteiger partial charge in [0.15, 0.2) is 6.10 Å². The minimum absolute atomic E-state index is 0.0988. The molecule has 6 nitrogen and oxygen atoms in total. The number of esters is 3. The Balaban J connectivity index is 4.46. The number of ether oxygens (including phenoxy) is 3. The first-order valence-corrected chi connectivity index (χ1v) is 26.9. The van der Waals surface area contributed by atoms with Crippen LogP contribution in [-0.4, -0.2) is 37.2 Å². The lowest BCUT2D eigenvalue weighted by Crippen LogP contribution is -2.30. The number of rotatable bonds is 48. The molecule has 0 saturated heterocycles. The van der Waals surface area contributed by atoms with Gasteiger partial charge in [0.1, 0.15) is 13.2 Å². The topological polar surface area (TPSA) is 78.9 Å². The normalized spacial score (nSPS) is 12.6. The first kappa shape index (κ1) is 60.9. The van der Waals surface area contributed by atoms with Crippen molar-refractivity contribution in [3.8, 4) is 0 Å². The van der Waals surface area contributed by atoms with E-state index in [-0.39, 0.29) is 37.5 Å². The Bertz CT molecular complexity index is 1210. The molecule has 0 radical (unpaired) electrons. The molecule has 0 amide bonds. The van der Waals surface area contributed by atoms with Gasteiger partial charge in [0, 0.05) is 19.3 Å². The zero-order valence-corrected chi connectivity index (χ0v) is 42.0. The van der Waals surface area contributed by atoms with E-state index in [9.17, 15) is 14.4 Å². The van der Waals surface area contributed by atoms with Crippen LogP contribution in [0.1, 0.15) is 258 Å². The number of carbonyl (C=O) groups excluding carboxylic acids is 3. The van der Waals surface area contributed by atoms with E-state index in [0.29, 0.717) is 19.3 Å². The lowest BCUT2D eigenvalue weighted by molar-refractivity contribution is -0.167. The second kappa shape index (κ2) is 52.5. The summed E-state index contributed by atoms with van der Waals surface area (Å²) in [6.07, 6.45) is 66.0. The maximum absolute atomic E-state index is 12.8. The van der Waals surface area contributed by atoms with Crippen molar-refractivity contribution in [3.05, 3.63) is 72.9 Å². The monoisotopic (exact) mass is 893 g/mol. The van der Waals surface area contributed by atoms with Gasteiger partial charge in [0.25, 0.3) is 0 Å². The Labute approximate surface area is 395 Å². The molecule has 0 aliphatic rings. The fourth-order valence-electron chi connectivity index (χ4n) is 7.36. The third-order valence-electron chi connectivity index (χ3n) is 11.4. The maximum Gasteiger partial charge on any atom is 0.306 e. The summed E-state index contributed by atoms with van der Waals surface area (Å²) in [4.78, 5) is 38.0. The molecule has 0 aromatic carbocycles. The van der Waals surface area contributed by atoms with Crippen molar-refractivity contribution in [2.75, 3.05) is 13.2 Å². The van der Waals surface area contributed by atoms with Gasteiger partial charge in [0.05, 0.1) is 0 Å². The highest BCUT2D eigenvalue weighted by Gasteiger charge is 2.19. The molecule has 0 bridgehead atoms. The van der Waals surface area contributed by atoms with E-state index in [1.807, 2.05) is 0 Å². The highest BCUT2D eigenvalue weighted by Crippen LogP contribution is 2.14. The van der Waals surface area contributed by atoms with Crippen molar-refractivity contribution in [1.82, 2.24) is 0 Å². The lowest BCUT2D eigenvalue weighted by atomic mass is 10.1. The number of carbonyl (C=O) groups is 3. The molecule has 64 heavy (non-hydrogen) atoms. The maximum atomic E-state index is 12.8. The number of allylic oxidation sites excluding steroid dienone is 12. The van der Waals surface area contributed by atoms with Gasteiger partial charge in [-0.25, -0.2) is 0 Å². The van der Waals surface area contributed by atoms with Crippen molar-refractivity contribution in [1.29, 1.82) is 0 Å². The molecule has 0 aliphatic heterocycles. The Morgan fingerprint density at radius 3 is 1.00 bits per heavy atom. The van der Waals surface area contributed by atoms with Gasteiger partial charge >= 0.3 is 17.9 Å². The van der Waals surface area contributed by atoms with Crippen molar-refractivity contribution in [2.45, 2.75) is 264 Å². The summed E-state index contributed by atoms with van der Waals surface area (Å²) in [6.45, 7) is 6.47. The largest absolute Gasteiger partial charge is 0.462 e. The number of hydrogen-bond acceptors (Lipinski definition) is 6. The average molecular weight is 893 g/mol. The van der Waals surface area contributed by atoms with Crippen LogP contribution in [0.3, 0.4) is 0 Å². The molecular weight excluding hydrogens is 793 g/mol. The van der Waals surface area contributed by atoms with Crippen molar-refractivity contribution in [3.63, 3.8) is 0 Å².